The van der Waals surface area contributed by atoms with Gasteiger partial charge in [0.1, 0.15) is 0 Å². The average molecular weight is 254 g/mol. The number of carbonyl (C=O) groups excluding carboxylic acids is 1. The number of ether oxygens (including phenoxy) is 1. The number of esters is 1. The minimum atomic E-state index is -1.39. The van der Waals surface area contributed by atoms with Crippen molar-refractivity contribution in [2.24, 2.45) is 0 Å². The van der Waals surface area contributed by atoms with E-state index < -0.39 is 26.2 Å². The van der Waals surface area contributed by atoms with Gasteiger partial charge in [0.2, 0.25) is 0 Å². The molecule has 17 heavy (non-hydrogen) atoms. The molecule has 92 valence electrons. The van der Waals surface area contributed by atoms with Gasteiger partial charge in [-0.3, -0.25) is 9.36 Å². The zero-order valence-corrected chi connectivity index (χ0v) is 10.5. The molecule has 0 radical (unpaired) electrons. The number of hydrogen-bond donors (Lipinski definition) is 1. The quantitative estimate of drug-likeness (QED) is 0.621. The van der Waals surface area contributed by atoms with Crippen molar-refractivity contribution in [1.29, 1.82) is 0 Å². The number of rotatable bonds is 6. The molecule has 0 fully saturated rings. The Labute approximate surface area is 102 Å². The standard InChI is InChI=1S/C12H15O4P/c1-2-16-11(14)12(9-13,17-15)8-10-6-4-3-5-7-10/h3-7,13H,2,8-9H2,1H3. The van der Waals surface area contributed by atoms with Gasteiger partial charge in [0.15, 0.2) is 13.6 Å². The van der Waals surface area contributed by atoms with E-state index in [1.807, 2.05) is 30.3 Å². The lowest BCUT2D eigenvalue weighted by Gasteiger charge is -2.22. The molecule has 0 heterocycles. The Balaban J connectivity index is 2.92. The molecular formula is C12H15O4P. The first-order valence-corrected chi connectivity index (χ1v) is 6.16. The first-order chi connectivity index (χ1) is 8.18. The van der Waals surface area contributed by atoms with Crippen molar-refractivity contribution in [2.45, 2.75) is 18.5 Å². The van der Waals surface area contributed by atoms with Crippen molar-refractivity contribution in [2.75, 3.05) is 13.2 Å². The third-order valence-electron chi connectivity index (χ3n) is 2.43. The summed E-state index contributed by atoms with van der Waals surface area (Å²) in [7, 11) is -0.427. The molecule has 0 aliphatic rings. The van der Waals surface area contributed by atoms with Crippen molar-refractivity contribution >= 4 is 14.4 Å². The van der Waals surface area contributed by atoms with Gasteiger partial charge in [-0.05, 0) is 12.5 Å². The number of aliphatic hydroxyl groups excluding tert-OH is 1. The van der Waals surface area contributed by atoms with Gasteiger partial charge in [-0.15, -0.1) is 0 Å². The van der Waals surface area contributed by atoms with Gasteiger partial charge in [-0.2, -0.15) is 0 Å². The maximum absolute atomic E-state index is 11.7. The molecule has 5 heteroatoms. The largest absolute Gasteiger partial charge is 0.465 e. The fourth-order valence-electron chi connectivity index (χ4n) is 1.49. The highest BCUT2D eigenvalue weighted by molar-refractivity contribution is 7.27. The smallest absolute Gasteiger partial charge is 0.326 e. The van der Waals surface area contributed by atoms with E-state index in [1.165, 1.54) is 0 Å². The van der Waals surface area contributed by atoms with Gasteiger partial charge >= 0.3 is 5.97 Å². The van der Waals surface area contributed by atoms with E-state index in [0.29, 0.717) is 0 Å². The van der Waals surface area contributed by atoms with Crippen molar-refractivity contribution in [3.05, 3.63) is 35.9 Å². The Morgan fingerprint density at radius 1 is 1.41 bits per heavy atom. The first kappa shape index (κ1) is 13.8. The SMILES string of the molecule is CCOC(=O)C(CO)(Cc1ccccc1)P=O. The minimum absolute atomic E-state index is 0.189. The predicted octanol–water partition coefficient (Wildman–Crippen LogP) is 1.81. The molecule has 0 aliphatic heterocycles. The van der Waals surface area contributed by atoms with Gasteiger partial charge in [0, 0.05) is 6.42 Å². The van der Waals surface area contributed by atoms with Crippen molar-refractivity contribution < 1.29 is 19.2 Å². The van der Waals surface area contributed by atoms with Crippen molar-refractivity contribution in [3.8, 4) is 0 Å². The topological polar surface area (TPSA) is 63.6 Å². The summed E-state index contributed by atoms with van der Waals surface area (Å²) in [4.78, 5) is 11.7. The summed E-state index contributed by atoms with van der Waals surface area (Å²) in [5, 5.41) is 7.94. The summed E-state index contributed by atoms with van der Waals surface area (Å²) < 4.78 is 16.1. The summed E-state index contributed by atoms with van der Waals surface area (Å²) in [5.74, 6) is -0.636. The molecule has 0 saturated heterocycles. The lowest BCUT2D eigenvalue weighted by molar-refractivity contribution is -0.147. The molecule has 1 rings (SSSR count). The molecule has 1 aromatic rings. The van der Waals surface area contributed by atoms with Crippen molar-refractivity contribution in [1.82, 2.24) is 0 Å². The molecule has 0 aliphatic carbocycles. The third-order valence-corrected chi connectivity index (χ3v) is 3.26. The van der Waals surface area contributed by atoms with Gasteiger partial charge in [0.25, 0.3) is 0 Å². The Kier molecular flexibility index (Phi) is 5.26. The maximum Gasteiger partial charge on any atom is 0.326 e. The maximum atomic E-state index is 11.7. The Bertz CT molecular complexity index is 379. The summed E-state index contributed by atoms with van der Waals surface area (Å²) in [6.45, 7) is 1.36. The van der Waals surface area contributed by atoms with Crippen LogP contribution in [0.3, 0.4) is 0 Å². The highest BCUT2D eigenvalue weighted by Crippen LogP contribution is 2.29. The molecule has 1 N–H and O–H groups in total. The van der Waals surface area contributed by atoms with Crippen LogP contribution in [0.4, 0.5) is 0 Å². The van der Waals surface area contributed by atoms with E-state index in [9.17, 15) is 14.5 Å². The van der Waals surface area contributed by atoms with Gasteiger partial charge in [-0.25, -0.2) is 0 Å². The predicted molar refractivity (Wildman–Crippen MR) is 64.2 cm³/mol. The second-order valence-corrected chi connectivity index (χ2v) is 4.70. The van der Waals surface area contributed by atoms with Crippen LogP contribution in [0.25, 0.3) is 0 Å². The Morgan fingerprint density at radius 3 is 2.53 bits per heavy atom. The van der Waals surface area contributed by atoms with Crippen molar-refractivity contribution in [3.63, 3.8) is 0 Å². The molecule has 0 aromatic heterocycles. The van der Waals surface area contributed by atoms with Crippen LogP contribution in [0, 0.1) is 0 Å². The number of carbonyl (C=O) groups is 1. The molecule has 4 nitrogen and oxygen atoms in total. The van der Waals surface area contributed by atoms with E-state index in [-0.39, 0.29) is 13.0 Å². The van der Waals surface area contributed by atoms with Crippen LogP contribution in [0.2, 0.25) is 0 Å². The second kappa shape index (κ2) is 6.48. The van der Waals surface area contributed by atoms with Crippen LogP contribution >= 0.6 is 8.46 Å². The molecule has 0 spiro atoms. The fourth-order valence-corrected chi connectivity index (χ4v) is 1.93. The lowest BCUT2D eigenvalue weighted by atomic mass is 9.99. The molecule has 1 aromatic carbocycles. The molecule has 0 saturated carbocycles. The van der Waals surface area contributed by atoms with E-state index in [4.69, 9.17) is 4.74 Å². The number of benzene rings is 1. The molecule has 0 amide bonds. The number of hydrogen-bond acceptors (Lipinski definition) is 4. The fraction of sp³-hybridized carbons (Fsp3) is 0.417. The van der Waals surface area contributed by atoms with Gasteiger partial charge in [0.05, 0.1) is 13.2 Å². The summed E-state index contributed by atoms with van der Waals surface area (Å²) in [6, 6.07) is 9.13. The molecule has 1 atom stereocenters. The monoisotopic (exact) mass is 254 g/mol. The highest BCUT2D eigenvalue weighted by Gasteiger charge is 2.41. The second-order valence-electron chi connectivity index (χ2n) is 3.66. The zero-order valence-electron chi connectivity index (χ0n) is 9.63. The highest BCUT2D eigenvalue weighted by atomic mass is 31.1. The Hall–Kier alpha value is -1.25. The van der Waals surface area contributed by atoms with Gasteiger partial charge < -0.3 is 9.84 Å². The van der Waals surface area contributed by atoms with Crippen LogP contribution in [-0.4, -0.2) is 29.4 Å². The summed E-state index contributed by atoms with van der Waals surface area (Å²) in [6.07, 6.45) is 0.189. The minimum Gasteiger partial charge on any atom is -0.465 e. The van der Waals surface area contributed by atoms with E-state index >= 15 is 0 Å². The zero-order chi connectivity index (χ0) is 12.7. The van der Waals surface area contributed by atoms with Gasteiger partial charge in [-0.1, -0.05) is 30.3 Å². The number of aliphatic hydroxyl groups is 1. The van der Waals surface area contributed by atoms with E-state index in [2.05, 4.69) is 0 Å². The van der Waals surface area contributed by atoms with E-state index in [1.54, 1.807) is 6.92 Å². The normalized spacial score (nSPS) is 14.2. The molecular weight excluding hydrogens is 239 g/mol. The summed E-state index contributed by atoms with van der Waals surface area (Å²) in [5.41, 5.74) is 0.831. The molecule has 1 unspecified atom stereocenters. The lowest BCUT2D eigenvalue weighted by Crippen LogP contribution is -2.40. The summed E-state index contributed by atoms with van der Waals surface area (Å²) >= 11 is 0. The van der Waals surface area contributed by atoms with Crippen LogP contribution in [0.1, 0.15) is 12.5 Å². The Morgan fingerprint density at radius 2 is 2.06 bits per heavy atom. The van der Waals surface area contributed by atoms with E-state index in [0.717, 1.165) is 5.56 Å². The first-order valence-electron chi connectivity index (χ1n) is 5.35. The van der Waals surface area contributed by atoms with Crippen LogP contribution in [0.5, 0.6) is 0 Å². The van der Waals surface area contributed by atoms with Crippen LogP contribution < -0.4 is 0 Å². The van der Waals surface area contributed by atoms with Crippen LogP contribution in [-0.2, 0) is 20.5 Å². The average Bonchev–Trinajstić information content (AvgIpc) is 2.37. The third kappa shape index (κ3) is 3.35. The molecule has 0 bridgehead atoms. The van der Waals surface area contributed by atoms with Crippen LogP contribution in [0.15, 0.2) is 30.3 Å².